The van der Waals surface area contributed by atoms with Crippen molar-refractivity contribution in [1.29, 1.82) is 0 Å². The van der Waals surface area contributed by atoms with E-state index in [1.165, 1.54) is 0 Å². The molecule has 0 saturated heterocycles. The minimum absolute atomic E-state index is 0.186. The van der Waals surface area contributed by atoms with Crippen LogP contribution in [0.5, 0.6) is 0 Å². The van der Waals surface area contributed by atoms with Crippen LogP contribution in [-0.4, -0.2) is 27.8 Å². The molecule has 1 aromatic rings. The number of sulfonamides is 1. The van der Waals surface area contributed by atoms with Crippen molar-refractivity contribution in [3.8, 4) is 0 Å². The Morgan fingerprint density at radius 3 is 2.44 bits per heavy atom. The number of halogens is 1. The van der Waals surface area contributed by atoms with Gasteiger partial charge in [0.15, 0.2) is 0 Å². The van der Waals surface area contributed by atoms with Crippen molar-refractivity contribution >= 4 is 26.0 Å². The summed E-state index contributed by atoms with van der Waals surface area (Å²) in [7, 11) is -1.30. The summed E-state index contributed by atoms with van der Waals surface area (Å²) in [5, 5.41) is 3.00. The first-order chi connectivity index (χ1) is 8.53. The molecule has 6 heteroatoms. The molecule has 18 heavy (non-hydrogen) atoms. The quantitative estimate of drug-likeness (QED) is 0.713. The van der Waals surface area contributed by atoms with Crippen LogP contribution in [0.1, 0.15) is 18.4 Å². The second-order valence-electron chi connectivity index (χ2n) is 4.08. The molecule has 0 heterocycles. The SMILES string of the molecule is CNCCCCS(=O)(=O)NCc1ccc(Br)cc1. The standard InChI is InChI=1S/C12H19BrN2O2S/c1-14-8-2-3-9-18(16,17)15-10-11-4-6-12(13)7-5-11/h4-7,14-15H,2-3,8-10H2,1H3. The van der Waals surface area contributed by atoms with E-state index in [9.17, 15) is 8.42 Å². The van der Waals surface area contributed by atoms with Crippen LogP contribution >= 0.6 is 15.9 Å². The van der Waals surface area contributed by atoms with Crippen LogP contribution in [0.3, 0.4) is 0 Å². The molecule has 1 aromatic carbocycles. The largest absolute Gasteiger partial charge is 0.320 e. The van der Waals surface area contributed by atoms with Gasteiger partial charge in [-0.1, -0.05) is 28.1 Å². The molecule has 0 atom stereocenters. The van der Waals surface area contributed by atoms with E-state index in [-0.39, 0.29) is 5.75 Å². The zero-order valence-electron chi connectivity index (χ0n) is 10.4. The Balaban J connectivity index is 2.34. The van der Waals surface area contributed by atoms with Gasteiger partial charge in [0.25, 0.3) is 0 Å². The minimum atomic E-state index is -3.16. The average molecular weight is 335 g/mol. The molecule has 1 rings (SSSR count). The summed E-state index contributed by atoms with van der Waals surface area (Å²) in [6, 6.07) is 7.59. The maximum atomic E-state index is 11.7. The Morgan fingerprint density at radius 2 is 1.83 bits per heavy atom. The lowest BCUT2D eigenvalue weighted by molar-refractivity contribution is 0.575. The molecule has 0 aromatic heterocycles. The van der Waals surface area contributed by atoms with Crippen molar-refractivity contribution in [2.45, 2.75) is 19.4 Å². The Hall–Kier alpha value is -0.430. The first kappa shape index (κ1) is 15.6. The Kier molecular flexibility index (Phi) is 6.85. The minimum Gasteiger partial charge on any atom is -0.320 e. The van der Waals surface area contributed by atoms with E-state index in [1.54, 1.807) is 0 Å². The zero-order chi connectivity index (χ0) is 13.4. The summed E-state index contributed by atoms with van der Waals surface area (Å²) in [6.07, 6.45) is 1.55. The van der Waals surface area contributed by atoms with Gasteiger partial charge in [-0.25, -0.2) is 13.1 Å². The zero-order valence-corrected chi connectivity index (χ0v) is 12.9. The molecule has 0 saturated carbocycles. The average Bonchev–Trinajstić information content (AvgIpc) is 2.34. The van der Waals surface area contributed by atoms with Gasteiger partial charge in [-0.2, -0.15) is 0 Å². The van der Waals surface area contributed by atoms with Gasteiger partial charge in [0.1, 0.15) is 0 Å². The maximum Gasteiger partial charge on any atom is 0.211 e. The predicted molar refractivity (Wildman–Crippen MR) is 77.9 cm³/mol. The summed E-state index contributed by atoms with van der Waals surface area (Å²) in [6.45, 7) is 1.20. The third kappa shape index (κ3) is 6.49. The van der Waals surface area contributed by atoms with Crippen molar-refractivity contribution < 1.29 is 8.42 Å². The molecule has 2 N–H and O–H groups in total. The van der Waals surface area contributed by atoms with Crippen LogP contribution in [0.4, 0.5) is 0 Å². The molecule has 0 spiro atoms. The third-order valence-electron chi connectivity index (χ3n) is 2.50. The number of unbranched alkanes of at least 4 members (excludes halogenated alkanes) is 1. The number of benzene rings is 1. The van der Waals surface area contributed by atoms with E-state index in [0.29, 0.717) is 13.0 Å². The van der Waals surface area contributed by atoms with E-state index in [4.69, 9.17) is 0 Å². The van der Waals surface area contributed by atoms with Crippen LogP contribution in [0, 0.1) is 0 Å². The van der Waals surface area contributed by atoms with Crippen LogP contribution in [-0.2, 0) is 16.6 Å². The molecule has 102 valence electrons. The molecule has 0 aliphatic rings. The van der Waals surface area contributed by atoms with Crippen LogP contribution in [0.15, 0.2) is 28.7 Å². The molecule has 4 nitrogen and oxygen atoms in total. The number of hydrogen-bond donors (Lipinski definition) is 2. The van der Waals surface area contributed by atoms with Gasteiger partial charge in [-0.05, 0) is 44.1 Å². The molecule has 0 bridgehead atoms. The second kappa shape index (κ2) is 7.89. The fourth-order valence-corrected chi connectivity index (χ4v) is 2.84. The summed E-state index contributed by atoms with van der Waals surface area (Å²) >= 11 is 3.34. The molecule has 0 unspecified atom stereocenters. The Labute approximate surface area is 117 Å². The highest BCUT2D eigenvalue weighted by atomic mass is 79.9. The van der Waals surface area contributed by atoms with E-state index in [2.05, 4.69) is 26.0 Å². The van der Waals surface area contributed by atoms with E-state index < -0.39 is 10.0 Å². The van der Waals surface area contributed by atoms with Gasteiger partial charge in [-0.15, -0.1) is 0 Å². The number of rotatable bonds is 8. The predicted octanol–water partition coefficient (Wildman–Crippen LogP) is 1.87. The van der Waals surface area contributed by atoms with Gasteiger partial charge in [0, 0.05) is 11.0 Å². The topological polar surface area (TPSA) is 58.2 Å². The van der Waals surface area contributed by atoms with Crippen molar-refractivity contribution in [1.82, 2.24) is 10.0 Å². The molecule has 0 radical (unpaired) electrons. The van der Waals surface area contributed by atoms with Crippen molar-refractivity contribution in [2.24, 2.45) is 0 Å². The normalized spacial score (nSPS) is 11.7. The van der Waals surface area contributed by atoms with Crippen molar-refractivity contribution in [3.05, 3.63) is 34.3 Å². The monoisotopic (exact) mass is 334 g/mol. The summed E-state index contributed by atoms with van der Waals surface area (Å²) < 4.78 is 27.0. The van der Waals surface area contributed by atoms with Gasteiger partial charge < -0.3 is 5.32 Å². The highest BCUT2D eigenvalue weighted by Crippen LogP contribution is 2.10. The fraction of sp³-hybridized carbons (Fsp3) is 0.500. The van der Waals surface area contributed by atoms with E-state index in [1.807, 2.05) is 31.3 Å². The van der Waals surface area contributed by atoms with Crippen molar-refractivity contribution in [3.63, 3.8) is 0 Å². The number of nitrogens with one attached hydrogen (secondary N) is 2. The second-order valence-corrected chi connectivity index (χ2v) is 6.92. The van der Waals surface area contributed by atoms with Crippen LogP contribution in [0.2, 0.25) is 0 Å². The molecular weight excluding hydrogens is 316 g/mol. The first-order valence-electron chi connectivity index (χ1n) is 5.90. The summed E-state index contributed by atoms with van der Waals surface area (Å²) in [5.74, 6) is 0.186. The molecular formula is C12H19BrN2O2S. The fourth-order valence-electron chi connectivity index (χ4n) is 1.46. The molecule has 0 aliphatic heterocycles. The van der Waals surface area contributed by atoms with Gasteiger partial charge in [0.2, 0.25) is 10.0 Å². The summed E-state index contributed by atoms with van der Waals surface area (Å²) in [5.41, 5.74) is 0.956. The van der Waals surface area contributed by atoms with Gasteiger partial charge >= 0.3 is 0 Å². The lowest BCUT2D eigenvalue weighted by atomic mass is 10.2. The highest BCUT2D eigenvalue weighted by Gasteiger charge is 2.09. The first-order valence-corrected chi connectivity index (χ1v) is 8.34. The Morgan fingerprint density at radius 1 is 1.17 bits per heavy atom. The molecule has 0 fully saturated rings. The third-order valence-corrected chi connectivity index (χ3v) is 4.44. The van der Waals surface area contributed by atoms with Crippen LogP contribution in [0.25, 0.3) is 0 Å². The van der Waals surface area contributed by atoms with E-state index >= 15 is 0 Å². The van der Waals surface area contributed by atoms with Crippen LogP contribution < -0.4 is 10.0 Å². The Bertz CT molecular complexity index is 446. The van der Waals surface area contributed by atoms with E-state index in [0.717, 1.165) is 23.0 Å². The molecule has 0 amide bonds. The number of hydrogen-bond acceptors (Lipinski definition) is 3. The lowest BCUT2D eigenvalue weighted by Gasteiger charge is -2.07. The smallest absolute Gasteiger partial charge is 0.211 e. The molecule has 0 aliphatic carbocycles. The van der Waals surface area contributed by atoms with Crippen molar-refractivity contribution in [2.75, 3.05) is 19.3 Å². The maximum absolute atomic E-state index is 11.7. The van der Waals surface area contributed by atoms with Gasteiger partial charge in [-0.3, -0.25) is 0 Å². The lowest BCUT2D eigenvalue weighted by Crippen LogP contribution is -2.26. The highest BCUT2D eigenvalue weighted by molar-refractivity contribution is 9.10. The summed E-state index contributed by atoms with van der Waals surface area (Å²) in [4.78, 5) is 0. The van der Waals surface area contributed by atoms with Gasteiger partial charge in [0.05, 0.1) is 5.75 Å².